The van der Waals surface area contributed by atoms with Crippen molar-refractivity contribution in [1.82, 2.24) is 0 Å². The Labute approximate surface area is 205 Å². The Morgan fingerprint density at radius 1 is 0.576 bits per heavy atom. The summed E-state index contributed by atoms with van der Waals surface area (Å²) >= 11 is 0. The van der Waals surface area contributed by atoms with Crippen LogP contribution < -0.4 is 0 Å². The van der Waals surface area contributed by atoms with Crippen molar-refractivity contribution in [2.24, 2.45) is 41.4 Å². The first-order valence-corrected chi connectivity index (χ1v) is 15.0. The molecular weight excluding hydrogens is 404 g/mol. The lowest BCUT2D eigenvalue weighted by atomic mass is 9.68. The zero-order valence-electron chi connectivity index (χ0n) is 22.3. The summed E-state index contributed by atoms with van der Waals surface area (Å²) in [5.41, 5.74) is 0. The number of hydrogen-bond donors (Lipinski definition) is 0. The van der Waals surface area contributed by atoms with E-state index in [1.54, 1.807) is 0 Å². The normalized spacial score (nSPS) is 36.2. The van der Waals surface area contributed by atoms with Crippen molar-refractivity contribution in [2.75, 3.05) is 0 Å². The minimum absolute atomic E-state index is 0.349. The topological polar surface area (TPSA) is 34.1 Å². The van der Waals surface area contributed by atoms with E-state index in [1.165, 1.54) is 103 Å². The van der Waals surface area contributed by atoms with E-state index in [0.717, 1.165) is 54.8 Å². The molecular formula is C31H54O2. The lowest BCUT2D eigenvalue weighted by Crippen LogP contribution is -2.29. The summed E-state index contributed by atoms with van der Waals surface area (Å²) in [6.45, 7) is 6.75. The Kier molecular flexibility index (Phi) is 11.5. The molecule has 0 aromatic carbocycles. The fraction of sp³-hybridized carbons (Fsp3) is 0.935. The van der Waals surface area contributed by atoms with Crippen LogP contribution in [0.2, 0.25) is 0 Å². The van der Waals surface area contributed by atoms with Gasteiger partial charge in [-0.25, -0.2) is 0 Å². The average molecular weight is 459 g/mol. The van der Waals surface area contributed by atoms with Crippen molar-refractivity contribution in [3.63, 3.8) is 0 Å². The average Bonchev–Trinajstić information content (AvgIpc) is 2.83. The molecule has 190 valence electrons. The first kappa shape index (κ1) is 26.9. The quantitative estimate of drug-likeness (QED) is 0.398. The minimum Gasteiger partial charge on any atom is -0.300 e. The first-order chi connectivity index (χ1) is 16.0. The van der Waals surface area contributed by atoms with Crippen molar-refractivity contribution in [1.29, 1.82) is 0 Å². The van der Waals surface area contributed by atoms with Crippen LogP contribution in [0.15, 0.2) is 0 Å². The standard InChI is InChI=1S/C16H28O.C15H26O/c1-3-4-13-5-7-14(8-6-13)15-9-10-16(17)12(2)11-15;1-2-3-12-4-6-13(7-5-12)14-8-10-15(16)11-9-14/h12-15H,3-11H2,1-2H3;12-14H,2-11H2,1H3. The maximum Gasteiger partial charge on any atom is 0.135 e. The van der Waals surface area contributed by atoms with Gasteiger partial charge in [0.15, 0.2) is 0 Å². The Morgan fingerprint density at radius 3 is 1.45 bits per heavy atom. The second kappa shape index (κ2) is 14.0. The SMILES string of the molecule is CCCC1CCC(C2CCC(=O)C(C)C2)CC1.CCCC1CCC(C2CCC(=O)CC2)CC1. The highest BCUT2D eigenvalue weighted by atomic mass is 16.1. The zero-order valence-corrected chi connectivity index (χ0v) is 22.3. The van der Waals surface area contributed by atoms with Crippen LogP contribution in [0, 0.1) is 41.4 Å². The Morgan fingerprint density at radius 2 is 1.00 bits per heavy atom. The summed E-state index contributed by atoms with van der Waals surface area (Å²) in [5, 5.41) is 0. The number of Topliss-reactive ketones (excluding diaryl/α,β-unsaturated/α-hetero) is 2. The van der Waals surface area contributed by atoms with E-state index in [2.05, 4.69) is 20.8 Å². The molecule has 0 aromatic heterocycles. The monoisotopic (exact) mass is 458 g/mol. The summed E-state index contributed by atoms with van der Waals surface area (Å²) in [7, 11) is 0. The lowest BCUT2D eigenvalue weighted by Gasteiger charge is -2.37. The number of ketones is 2. The third kappa shape index (κ3) is 8.50. The van der Waals surface area contributed by atoms with Crippen LogP contribution in [-0.4, -0.2) is 11.6 Å². The van der Waals surface area contributed by atoms with E-state index in [-0.39, 0.29) is 0 Å². The molecule has 4 saturated carbocycles. The molecule has 2 heteroatoms. The highest BCUT2D eigenvalue weighted by Gasteiger charge is 2.33. The smallest absolute Gasteiger partial charge is 0.135 e. The molecule has 0 bridgehead atoms. The summed E-state index contributed by atoms with van der Waals surface area (Å²) in [6, 6.07) is 0. The molecule has 0 heterocycles. The number of rotatable bonds is 6. The fourth-order valence-electron chi connectivity index (χ4n) is 7.85. The van der Waals surface area contributed by atoms with Crippen molar-refractivity contribution < 1.29 is 9.59 Å². The van der Waals surface area contributed by atoms with Crippen molar-refractivity contribution >= 4 is 11.6 Å². The summed E-state index contributed by atoms with van der Waals surface area (Å²) in [6.07, 6.45) is 24.6. The summed E-state index contributed by atoms with van der Waals surface area (Å²) in [4.78, 5) is 22.8. The molecule has 0 amide bonds. The van der Waals surface area contributed by atoms with Gasteiger partial charge < -0.3 is 0 Å². The molecule has 0 aromatic rings. The van der Waals surface area contributed by atoms with Crippen LogP contribution in [0.25, 0.3) is 0 Å². The van der Waals surface area contributed by atoms with Gasteiger partial charge >= 0.3 is 0 Å². The Balaban J connectivity index is 0.000000186. The van der Waals surface area contributed by atoms with Gasteiger partial charge in [-0.05, 0) is 86.9 Å². The van der Waals surface area contributed by atoms with Crippen molar-refractivity contribution in [3.8, 4) is 0 Å². The van der Waals surface area contributed by atoms with Gasteiger partial charge in [0.25, 0.3) is 0 Å². The number of carbonyl (C=O) groups excluding carboxylic acids is 2. The van der Waals surface area contributed by atoms with Gasteiger partial charge in [0, 0.05) is 25.2 Å². The van der Waals surface area contributed by atoms with Crippen LogP contribution in [-0.2, 0) is 9.59 Å². The summed E-state index contributed by atoms with van der Waals surface area (Å²) < 4.78 is 0. The van der Waals surface area contributed by atoms with E-state index in [4.69, 9.17) is 0 Å². The zero-order chi connectivity index (χ0) is 23.6. The number of carbonyl (C=O) groups is 2. The van der Waals surface area contributed by atoms with E-state index in [1.807, 2.05) is 0 Å². The third-order valence-electron chi connectivity index (χ3n) is 10.1. The van der Waals surface area contributed by atoms with Gasteiger partial charge in [0.2, 0.25) is 0 Å². The van der Waals surface area contributed by atoms with E-state index in [9.17, 15) is 9.59 Å². The van der Waals surface area contributed by atoms with E-state index >= 15 is 0 Å². The highest BCUT2D eigenvalue weighted by molar-refractivity contribution is 5.81. The van der Waals surface area contributed by atoms with Crippen LogP contribution in [0.5, 0.6) is 0 Å². The van der Waals surface area contributed by atoms with E-state index in [0.29, 0.717) is 17.5 Å². The van der Waals surface area contributed by atoms with Gasteiger partial charge in [0.1, 0.15) is 11.6 Å². The summed E-state index contributed by atoms with van der Waals surface area (Å²) in [5.74, 6) is 7.06. The van der Waals surface area contributed by atoms with Crippen LogP contribution in [0.1, 0.15) is 143 Å². The second-order valence-electron chi connectivity index (χ2n) is 12.4. The molecule has 0 N–H and O–H groups in total. The Bertz CT molecular complexity index is 570. The molecule has 4 aliphatic rings. The van der Waals surface area contributed by atoms with Crippen LogP contribution in [0.3, 0.4) is 0 Å². The number of hydrogen-bond acceptors (Lipinski definition) is 2. The third-order valence-corrected chi connectivity index (χ3v) is 10.1. The molecule has 2 nitrogen and oxygen atoms in total. The predicted octanol–water partition coefficient (Wildman–Crippen LogP) is 8.95. The van der Waals surface area contributed by atoms with Crippen LogP contribution >= 0.6 is 0 Å². The maximum atomic E-state index is 11.6. The fourth-order valence-corrected chi connectivity index (χ4v) is 7.85. The Hall–Kier alpha value is -0.660. The predicted molar refractivity (Wildman–Crippen MR) is 139 cm³/mol. The van der Waals surface area contributed by atoms with Crippen molar-refractivity contribution in [2.45, 2.75) is 143 Å². The maximum absolute atomic E-state index is 11.6. The molecule has 2 unspecified atom stereocenters. The van der Waals surface area contributed by atoms with Gasteiger partial charge in [0.05, 0.1) is 0 Å². The largest absolute Gasteiger partial charge is 0.300 e. The minimum atomic E-state index is 0.349. The van der Waals surface area contributed by atoms with Gasteiger partial charge in [-0.3, -0.25) is 9.59 Å². The first-order valence-electron chi connectivity index (χ1n) is 15.0. The molecule has 0 radical (unpaired) electrons. The second-order valence-corrected chi connectivity index (χ2v) is 12.4. The van der Waals surface area contributed by atoms with Crippen molar-refractivity contribution in [3.05, 3.63) is 0 Å². The molecule has 4 rings (SSSR count). The molecule has 0 saturated heterocycles. The molecule has 0 aliphatic heterocycles. The molecule has 0 spiro atoms. The highest BCUT2D eigenvalue weighted by Crippen LogP contribution is 2.42. The van der Waals surface area contributed by atoms with Crippen LogP contribution in [0.4, 0.5) is 0 Å². The van der Waals surface area contributed by atoms with Gasteiger partial charge in [-0.15, -0.1) is 0 Å². The molecule has 4 fully saturated rings. The van der Waals surface area contributed by atoms with Gasteiger partial charge in [-0.1, -0.05) is 72.1 Å². The van der Waals surface area contributed by atoms with E-state index < -0.39 is 0 Å². The lowest BCUT2D eigenvalue weighted by molar-refractivity contribution is -0.125. The van der Waals surface area contributed by atoms with Gasteiger partial charge in [-0.2, -0.15) is 0 Å². The molecule has 33 heavy (non-hydrogen) atoms. The molecule has 2 atom stereocenters. The molecule has 4 aliphatic carbocycles.